The molecule has 0 aliphatic carbocycles. The molecular formula is C19H32N4O5. The fourth-order valence-corrected chi connectivity index (χ4v) is 2.36. The number of methoxy groups -OCH3 is 3. The lowest BCUT2D eigenvalue weighted by Crippen LogP contribution is -2.42. The minimum absolute atomic E-state index is 0.398. The lowest BCUT2D eigenvalue weighted by molar-refractivity contribution is 0.0529. The lowest BCUT2D eigenvalue weighted by Gasteiger charge is -2.20. The summed E-state index contributed by atoms with van der Waals surface area (Å²) in [5, 5.41) is 8.99. The fraction of sp³-hybridized carbons (Fsp3) is 0.579. The van der Waals surface area contributed by atoms with Gasteiger partial charge >= 0.3 is 6.09 Å². The molecule has 0 fully saturated rings. The van der Waals surface area contributed by atoms with Crippen molar-refractivity contribution in [1.29, 1.82) is 0 Å². The predicted molar refractivity (Wildman–Crippen MR) is 109 cm³/mol. The smallest absolute Gasteiger partial charge is 0.407 e. The highest BCUT2D eigenvalue weighted by Gasteiger charge is 2.16. The maximum Gasteiger partial charge on any atom is 0.407 e. The van der Waals surface area contributed by atoms with E-state index in [0.29, 0.717) is 42.8 Å². The Morgan fingerprint density at radius 1 is 0.964 bits per heavy atom. The van der Waals surface area contributed by atoms with Gasteiger partial charge in [0.2, 0.25) is 5.75 Å². The Morgan fingerprint density at radius 2 is 1.61 bits per heavy atom. The number of hydrogen-bond acceptors (Lipinski definition) is 6. The molecule has 1 amide bonds. The molecule has 0 atom stereocenters. The van der Waals surface area contributed by atoms with Crippen molar-refractivity contribution in [3.05, 3.63) is 17.7 Å². The topological polar surface area (TPSA) is 102 Å². The van der Waals surface area contributed by atoms with Crippen LogP contribution in [0.25, 0.3) is 0 Å². The Kier molecular flexibility index (Phi) is 9.20. The van der Waals surface area contributed by atoms with E-state index in [1.54, 1.807) is 28.4 Å². The molecule has 158 valence electrons. The summed E-state index contributed by atoms with van der Waals surface area (Å²) < 4.78 is 21.3. The van der Waals surface area contributed by atoms with E-state index >= 15 is 0 Å². The highest BCUT2D eigenvalue weighted by molar-refractivity contribution is 5.79. The summed E-state index contributed by atoms with van der Waals surface area (Å²) in [6.07, 6.45) is -0.452. The van der Waals surface area contributed by atoms with Gasteiger partial charge in [0.25, 0.3) is 0 Å². The van der Waals surface area contributed by atoms with Crippen LogP contribution in [-0.2, 0) is 11.3 Å². The van der Waals surface area contributed by atoms with Crippen LogP contribution in [0.5, 0.6) is 17.2 Å². The van der Waals surface area contributed by atoms with Gasteiger partial charge in [-0.25, -0.2) is 4.79 Å². The molecule has 0 aromatic heterocycles. The van der Waals surface area contributed by atoms with Gasteiger partial charge in [-0.05, 0) is 32.9 Å². The second-order valence-electron chi connectivity index (χ2n) is 6.77. The molecule has 1 aromatic rings. The number of carbonyl (C=O) groups is 1. The van der Waals surface area contributed by atoms with E-state index in [2.05, 4.69) is 20.9 Å². The molecule has 3 N–H and O–H groups in total. The van der Waals surface area contributed by atoms with Crippen molar-refractivity contribution < 1.29 is 23.7 Å². The number of aliphatic imine (C=N–C) groups is 1. The van der Waals surface area contributed by atoms with E-state index < -0.39 is 11.7 Å². The zero-order valence-corrected chi connectivity index (χ0v) is 17.8. The van der Waals surface area contributed by atoms with Crippen LogP contribution in [0.4, 0.5) is 4.79 Å². The minimum Gasteiger partial charge on any atom is -0.493 e. The summed E-state index contributed by atoms with van der Waals surface area (Å²) >= 11 is 0. The Labute approximate surface area is 166 Å². The molecule has 0 saturated heterocycles. The molecule has 9 nitrogen and oxygen atoms in total. The number of amides is 1. The summed E-state index contributed by atoms with van der Waals surface area (Å²) in [5.41, 5.74) is 0.364. The van der Waals surface area contributed by atoms with Crippen LogP contribution >= 0.6 is 0 Å². The number of guanidine groups is 1. The van der Waals surface area contributed by atoms with Gasteiger partial charge in [-0.3, -0.25) is 4.99 Å². The number of carbonyl (C=O) groups excluding carboxylic acids is 1. The first-order valence-electron chi connectivity index (χ1n) is 8.95. The Balaban J connectivity index is 2.56. The Hall–Kier alpha value is -2.84. The maximum absolute atomic E-state index is 11.6. The third kappa shape index (κ3) is 7.42. The number of ether oxygens (including phenoxy) is 4. The van der Waals surface area contributed by atoms with Gasteiger partial charge in [-0.1, -0.05) is 0 Å². The second-order valence-corrected chi connectivity index (χ2v) is 6.77. The summed E-state index contributed by atoms with van der Waals surface area (Å²) in [4.78, 5) is 15.8. The first-order valence-corrected chi connectivity index (χ1v) is 8.95. The number of benzene rings is 1. The average Bonchev–Trinajstić information content (AvgIpc) is 2.64. The van der Waals surface area contributed by atoms with E-state index in [1.807, 2.05) is 32.9 Å². The largest absolute Gasteiger partial charge is 0.493 e. The highest BCUT2D eigenvalue weighted by atomic mass is 16.6. The van der Waals surface area contributed by atoms with E-state index in [-0.39, 0.29) is 0 Å². The van der Waals surface area contributed by atoms with Crippen LogP contribution in [0.3, 0.4) is 0 Å². The molecule has 0 radical (unpaired) electrons. The van der Waals surface area contributed by atoms with Crippen molar-refractivity contribution in [2.24, 2.45) is 4.99 Å². The average molecular weight is 396 g/mol. The zero-order chi connectivity index (χ0) is 21.2. The highest BCUT2D eigenvalue weighted by Crippen LogP contribution is 2.39. The van der Waals surface area contributed by atoms with Crippen molar-refractivity contribution in [1.82, 2.24) is 16.0 Å². The molecule has 28 heavy (non-hydrogen) atoms. The molecule has 0 bridgehead atoms. The van der Waals surface area contributed by atoms with Crippen LogP contribution < -0.4 is 30.2 Å². The third-order valence-electron chi connectivity index (χ3n) is 3.54. The van der Waals surface area contributed by atoms with E-state index in [1.165, 1.54) is 0 Å². The van der Waals surface area contributed by atoms with Gasteiger partial charge in [0.05, 0.1) is 21.3 Å². The predicted octanol–water partition coefficient (Wildman–Crippen LogP) is 1.90. The fourth-order valence-electron chi connectivity index (χ4n) is 2.36. The molecule has 1 rings (SSSR count). The van der Waals surface area contributed by atoms with E-state index in [4.69, 9.17) is 18.9 Å². The van der Waals surface area contributed by atoms with Gasteiger partial charge in [0, 0.05) is 32.2 Å². The summed E-state index contributed by atoms with van der Waals surface area (Å²) in [6.45, 7) is 6.80. The normalized spacial score (nSPS) is 11.5. The van der Waals surface area contributed by atoms with Crippen molar-refractivity contribution in [3.63, 3.8) is 0 Å². The monoisotopic (exact) mass is 396 g/mol. The quantitative estimate of drug-likeness (QED) is 0.350. The van der Waals surface area contributed by atoms with Gasteiger partial charge in [0.15, 0.2) is 17.5 Å². The first-order chi connectivity index (χ1) is 13.3. The molecule has 0 aliphatic heterocycles. The van der Waals surface area contributed by atoms with Crippen molar-refractivity contribution in [3.8, 4) is 17.2 Å². The standard InChI is InChI=1S/C19H32N4O5/c1-19(2,3)28-18(24)22-11-10-21-17(20-4)23-12-13-8-9-14(25-5)16(27-7)15(13)26-6/h8-9H,10-12H2,1-7H3,(H,22,24)(H2,20,21,23). The molecule has 0 saturated carbocycles. The first kappa shape index (κ1) is 23.2. The minimum atomic E-state index is -0.520. The molecule has 1 aromatic carbocycles. The summed E-state index contributed by atoms with van der Waals surface area (Å²) in [7, 11) is 6.39. The summed E-state index contributed by atoms with van der Waals surface area (Å²) in [5.74, 6) is 2.31. The van der Waals surface area contributed by atoms with Crippen LogP contribution in [0.1, 0.15) is 26.3 Å². The number of rotatable bonds is 8. The number of nitrogens with zero attached hydrogens (tertiary/aromatic N) is 1. The molecule has 0 heterocycles. The van der Waals surface area contributed by atoms with Gasteiger partial charge in [-0.15, -0.1) is 0 Å². The number of alkyl carbamates (subject to hydrolysis) is 1. The van der Waals surface area contributed by atoms with Crippen molar-refractivity contribution >= 4 is 12.1 Å². The molecular weight excluding hydrogens is 364 g/mol. The second kappa shape index (κ2) is 11.1. The Morgan fingerprint density at radius 3 is 2.14 bits per heavy atom. The van der Waals surface area contributed by atoms with Gasteiger partial charge in [0.1, 0.15) is 5.60 Å². The molecule has 0 aliphatic rings. The van der Waals surface area contributed by atoms with Gasteiger partial charge in [-0.2, -0.15) is 0 Å². The Bertz CT molecular complexity index is 671. The SMILES string of the molecule is CN=C(NCCNC(=O)OC(C)(C)C)NCc1ccc(OC)c(OC)c1OC. The van der Waals surface area contributed by atoms with Crippen LogP contribution in [0, 0.1) is 0 Å². The third-order valence-corrected chi connectivity index (χ3v) is 3.54. The summed E-state index contributed by atoms with van der Waals surface area (Å²) in [6, 6.07) is 3.71. The molecule has 0 unspecified atom stereocenters. The van der Waals surface area contributed by atoms with Crippen molar-refractivity contribution in [2.45, 2.75) is 32.9 Å². The van der Waals surface area contributed by atoms with E-state index in [0.717, 1.165) is 5.56 Å². The van der Waals surface area contributed by atoms with Crippen LogP contribution in [0.2, 0.25) is 0 Å². The van der Waals surface area contributed by atoms with Crippen LogP contribution in [-0.4, -0.2) is 59.1 Å². The van der Waals surface area contributed by atoms with Gasteiger partial charge < -0.3 is 34.9 Å². The van der Waals surface area contributed by atoms with Crippen molar-refractivity contribution in [2.75, 3.05) is 41.5 Å². The maximum atomic E-state index is 11.6. The molecule has 9 heteroatoms. The number of hydrogen-bond donors (Lipinski definition) is 3. The lowest BCUT2D eigenvalue weighted by atomic mass is 10.1. The number of nitrogens with one attached hydrogen (secondary N) is 3. The van der Waals surface area contributed by atoms with E-state index in [9.17, 15) is 4.79 Å². The molecule has 0 spiro atoms. The zero-order valence-electron chi connectivity index (χ0n) is 17.8. The van der Waals surface area contributed by atoms with Crippen LogP contribution in [0.15, 0.2) is 17.1 Å².